The van der Waals surface area contributed by atoms with Gasteiger partial charge in [0.25, 0.3) is 0 Å². The van der Waals surface area contributed by atoms with Crippen molar-refractivity contribution in [1.82, 2.24) is 0 Å². The quantitative estimate of drug-likeness (QED) is 0.343. The zero-order chi connectivity index (χ0) is 16.3. The van der Waals surface area contributed by atoms with Gasteiger partial charge >= 0.3 is 5.97 Å². The summed E-state index contributed by atoms with van der Waals surface area (Å²) < 4.78 is 3.94. The lowest BCUT2D eigenvalue weighted by atomic mass is 9.76. The molecule has 0 fully saturated rings. The Bertz CT molecular complexity index is 503. The summed E-state index contributed by atoms with van der Waals surface area (Å²) in [4.78, 5) is 25.4. The molecule has 0 saturated heterocycles. The first-order valence-corrected chi connectivity index (χ1v) is 7.86. The van der Waals surface area contributed by atoms with Gasteiger partial charge in [-0.1, -0.05) is 80.9 Å². The maximum absolute atomic E-state index is 12.9. The average molecular weight is 355 g/mol. The van der Waals surface area contributed by atoms with Gasteiger partial charge in [-0.2, -0.15) is 0 Å². The van der Waals surface area contributed by atoms with Crippen LogP contribution in [0.4, 0.5) is 0 Å². The van der Waals surface area contributed by atoms with Crippen LogP contribution in [0.15, 0.2) is 30.3 Å². The number of hydrogen-bond donors (Lipinski definition) is 0. The summed E-state index contributed by atoms with van der Waals surface area (Å²) in [5.74, 6) is -0.584. The summed E-state index contributed by atoms with van der Waals surface area (Å²) in [5.41, 5.74) is -0.126. The molecule has 1 aromatic rings. The second kappa shape index (κ2) is 6.73. The first-order valence-electron chi connectivity index (χ1n) is 7.06. The lowest BCUT2D eigenvalue weighted by Gasteiger charge is -2.36. The van der Waals surface area contributed by atoms with Crippen LogP contribution >= 0.6 is 15.9 Å². The highest BCUT2D eigenvalue weighted by atomic mass is 79.9. The lowest BCUT2D eigenvalue weighted by molar-refractivity contribution is -0.148. The maximum Gasteiger partial charge on any atom is 0.331 e. The van der Waals surface area contributed by atoms with Gasteiger partial charge in [0.1, 0.15) is 0 Å². The minimum atomic E-state index is -1.39. The third kappa shape index (κ3) is 3.94. The van der Waals surface area contributed by atoms with E-state index in [2.05, 4.69) is 15.9 Å². The van der Waals surface area contributed by atoms with E-state index in [0.29, 0.717) is 12.2 Å². The molecular weight excluding hydrogens is 332 g/mol. The molecule has 1 aromatic carbocycles. The smallest absolute Gasteiger partial charge is 0.331 e. The van der Waals surface area contributed by atoms with Crippen molar-refractivity contribution in [3.05, 3.63) is 35.9 Å². The standard InChI is InChI=1S/C17H23BrO3/c1-12(2)11-21-15(20)17(18,16(3,4)5)14(19)13-9-7-6-8-10-13/h6-10,12H,11H2,1-5H3. The summed E-state index contributed by atoms with van der Waals surface area (Å²) in [6.07, 6.45) is 0. The van der Waals surface area contributed by atoms with Gasteiger partial charge in [-0.25, -0.2) is 0 Å². The molecule has 0 aromatic heterocycles. The van der Waals surface area contributed by atoms with Crippen LogP contribution in [-0.4, -0.2) is 22.7 Å². The van der Waals surface area contributed by atoms with Crippen molar-refractivity contribution in [3.63, 3.8) is 0 Å². The minimum absolute atomic E-state index is 0.220. The van der Waals surface area contributed by atoms with Crippen LogP contribution in [-0.2, 0) is 9.53 Å². The van der Waals surface area contributed by atoms with Gasteiger partial charge in [0.15, 0.2) is 10.1 Å². The van der Waals surface area contributed by atoms with Gasteiger partial charge in [0.05, 0.1) is 6.61 Å². The Kier molecular flexibility index (Phi) is 5.74. The molecule has 0 amide bonds. The average Bonchev–Trinajstić information content (AvgIpc) is 2.42. The molecule has 0 spiro atoms. The van der Waals surface area contributed by atoms with Crippen LogP contribution in [0.3, 0.4) is 0 Å². The third-order valence-corrected chi connectivity index (χ3v) is 5.08. The van der Waals surface area contributed by atoms with E-state index in [-0.39, 0.29) is 11.7 Å². The highest BCUT2D eigenvalue weighted by Crippen LogP contribution is 2.42. The molecule has 0 radical (unpaired) electrons. The molecular formula is C17H23BrO3. The molecule has 21 heavy (non-hydrogen) atoms. The van der Waals surface area contributed by atoms with E-state index < -0.39 is 15.7 Å². The summed E-state index contributed by atoms with van der Waals surface area (Å²) in [6.45, 7) is 9.75. The molecule has 0 heterocycles. The van der Waals surface area contributed by atoms with E-state index in [1.165, 1.54) is 0 Å². The molecule has 0 aliphatic carbocycles. The van der Waals surface area contributed by atoms with E-state index >= 15 is 0 Å². The van der Waals surface area contributed by atoms with Crippen LogP contribution in [0.25, 0.3) is 0 Å². The molecule has 1 atom stereocenters. The molecule has 0 aliphatic heterocycles. The lowest BCUT2D eigenvalue weighted by Crippen LogP contribution is -2.52. The predicted octanol–water partition coefficient (Wildman–Crippen LogP) is 4.25. The van der Waals surface area contributed by atoms with Crippen molar-refractivity contribution in [1.29, 1.82) is 0 Å². The highest BCUT2D eigenvalue weighted by molar-refractivity contribution is 9.10. The zero-order valence-electron chi connectivity index (χ0n) is 13.3. The fraction of sp³-hybridized carbons (Fsp3) is 0.529. The van der Waals surface area contributed by atoms with E-state index in [1.54, 1.807) is 24.3 Å². The van der Waals surface area contributed by atoms with E-state index in [1.807, 2.05) is 40.7 Å². The van der Waals surface area contributed by atoms with Gasteiger partial charge in [-0.05, 0) is 11.3 Å². The zero-order valence-corrected chi connectivity index (χ0v) is 14.9. The van der Waals surface area contributed by atoms with Crippen molar-refractivity contribution in [2.75, 3.05) is 6.61 Å². The number of ether oxygens (including phenoxy) is 1. The van der Waals surface area contributed by atoms with Crippen molar-refractivity contribution in [2.45, 2.75) is 38.9 Å². The Morgan fingerprint density at radius 3 is 2.10 bits per heavy atom. The number of halogens is 1. The van der Waals surface area contributed by atoms with Crippen LogP contribution in [0.2, 0.25) is 0 Å². The first kappa shape index (κ1) is 17.9. The number of rotatable bonds is 5. The maximum atomic E-state index is 12.9. The fourth-order valence-corrected chi connectivity index (χ4v) is 2.21. The van der Waals surface area contributed by atoms with Gasteiger partial charge in [0, 0.05) is 5.56 Å². The number of benzene rings is 1. The van der Waals surface area contributed by atoms with Crippen molar-refractivity contribution in [3.8, 4) is 0 Å². The van der Waals surface area contributed by atoms with Crippen LogP contribution in [0, 0.1) is 11.3 Å². The highest BCUT2D eigenvalue weighted by Gasteiger charge is 2.54. The topological polar surface area (TPSA) is 43.4 Å². The van der Waals surface area contributed by atoms with Crippen LogP contribution in [0.1, 0.15) is 45.0 Å². The number of esters is 1. The normalized spacial score (nSPS) is 14.6. The number of alkyl halides is 1. The summed E-state index contributed by atoms with van der Waals surface area (Å²) in [7, 11) is 0. The van der Waals surface area contributed by atoms with Gasteiger partial charge in [0.2, 0.25) is 0 Å². The Morgan fingerprint density at radius 1 is 1.14 bits per heavy atom. The summed E-state index contributed by atoms with van der Waals surface area (Å²) in [6, 6.07) is 8.81. The van der Waals surface area contributed by atoms with Gasteiger partial charge in [-0.15, -0.1) is 0 Å². The fourth-order valence-electron chi connectivity index (χ4n) is 1.87. The third-order valence-electron chi connectivity index (χ3n) is 3.21. The first-order chi connectivity index (χ1) is 9.60. The minimum Gasteiger partial charge on any atom is -0.464 e. The predicted molar refractivity (Wildman–Crippen MR) is 87.7 cm³/mol. The summed E-state index contributed by atoms with van der Waals surface area (Å²) >= 11 is 3.40. The molecule has 1 unspecified atom stereocenters. The molecule has 0 N–H and O–H groups in total. The molecule has 1 rings (SSSR count). The monoisotopic (exact) mass is 354 g/mol. The van der Waals surface area contributed by atoms with E-state index in [0.717, 1.165) is 0 Å². The second-order valence-electron chi connectivity index (χ2n) is 6.60. The second-order valence-corrected chi connectivity index (χ2v) is 7.79. The van der Waals surface area contributed by atoms with Crippen LogP contribution in [0.5, 0.6) is 0 Å². The molecule has 4 heteroatoms. The molecule has 0 bridgehead atoms. The largest absolute Gasteiger partial charge is 0.464 e. The Balaban J connectivity index is 3.16. The van der Waals surface area contributed by atoms with Crippen molar-refractivity contribution in [2.24, 2.45) is 11.3 Å². The SMILES string of the molecule is CC(C)COC(=O)C(Br)(C(=O)c1ccccc1)C(C)(C)C. The Labute approximate surface area is 135 Å². The number of ketones is 1. The number of Topliss-reactive ketones (excluding diaryl/α,β-unsaturated/α-hetero) is 1. The Hall–Kier alpha value is -1.16. The van der Waals surface area contributed by atoms with Crippen molar-refractivity contribution >= 4 is 27.7 Å². The van der Waals surface area contributed by atoms with Crippen molar-refractivity contribution < 1.29 is 14.3 Å². The molecule has 116 valence electrons. The molecule has 3 nitrogen and oxygen atoms in total. The van der Waals surface area contributed by atoms with E-state index in [4.69, 9.17) is 4.74 Å². The van der Waals surface area contributed by atoms with Gasteiger partial charge < -0.3 is 4.74 Å². The van der Waals surface area contributed by atoms with Crippen LogP contribution < -0.4 is 0 Å². The summed E-state index contributed by atoms with van der Waals surface area (Å²) in [5, 5.41) is 0. The molecule has 0 aliphatic rings. The number of hydrogen-bond acceptors (Lipinski definition) is 3. The molecule has 0 saturated carbocycles. The number of carbonyl (C=O) groups is 2. The Morgan fingerprint density at radius 2 is 1.67 bits per heavy atom. The number of carbonyl (C=O) groups excluding carboxylic acids is 2. The van der Waals surface area contributed by atoms with E-state index in [9.17, 15) is 9.59 Å². The van der Waals surface area contributed by atoms with Gasteiger partial charge in [-0.3, -0.25) is 9.59 Å².